The van der Waals surface area contributed by atoms with Crippen molar-refractivity contribution in [1.29, 1.82) is 0 Å². The number of anilines is 1. The van der Waals surface area contributed by atoms with Gasteiger partial charge in [0, 0.05) is 17.5 Å². The quantitative estimate of drug-likeness (QED) is 0.669. The van der Waals surface area contributed by atoms with Gasteiger partial charge in [-0.1, -0.05) is 42.4 Å². The van der Waals surface area contributed by atoms with E-state index in [4.69, 9.17) is 4.52 Å². The third-order valence-electron chi connectivity index (χ3n) is 5.74. The van der Waals surface area contributed by atoms with E-state index in [1.54, 1.807) is 25.1 Å². The second-order valence-corrected chi connectivity index (χ2v) is 8.45. The van der Waals surface area contributed by atoms with E-state index < -0.39 is 17.1 Å². The Labute approximate surface area is 168 Å². The second-order valence-electron chi connectivity index (χ2n) is 8.45. The molecule has 0 saturated heterocycles. The highest BCUT2D eigenvalue weighted by molar-refractivity contribution is 5.99. The van der Waals surface area contributed by atoms with Crippen molar-refractivity contribution in [3.63, 3.8) is 0 Å². The van der Waals surface area contributed by atoms with Crippen LogP contribution in [0.1, 0.15) is 37.4 Å². The summed E-state index contributed by atoms with van der Waals surface area (Å²) in [5.41, 5.74) is -0.0867. The third-order valence-corrected chi connectivity index (χ3v) is 5.74. The molecule has 1 aromatic heterocycles. The van der Waals surface area contributed by atoms with Crippen molar-refractivity contribution in [2.75, 3.05) is 5.32 Å². The SMILES string of the molecule is Cc1noc(=O)c2ccc(NC(=O)C(O)(Cc3ccccc3)CC3(C)CC3)cc12. The lowest BCUT2D eigenvalue weighted by atomic mass is 9.83. The van der Waals surface area contributed by atoms with Crippen molar-refractivity contribution >= 4 is 22.4 Å². The third kappa shape index (κ3) is 4.07. The van der Waals surface area contributed by atoms with Gasteiger partial charge in [-0.15, -0.1) is 0 Å². The Bertz CT molecular complexity index is 1120. The molecule has 4 rings (SSSR count). The summed E-state index contributed by atoms with van der Waals surface area (Å²) in [5.74, 6) is -0.442. The first-order valence-electron chi connectivity index (χ1n) is 9.76. The fourth-order valence-corrected chi connectivity index (χ4v) is 3.81. The van der Waals surface area contributed by atoms with Crippen LogP contribution in [0.2, 0.25) is 0 Å². The summed E-state index contributed by atoms with van der Waals surface area (Å²) in [6.07, 6.45) is 2.66. The Balaban J connectivity index is 1.63. The Hall–Kier alpha value is -2.99. The summed E-state index contributed by atoms with van der Waals surface area (Å²) in [7, 11) is 0. The van der Waals surface area contributed by atoms with Crippen molar-refractivity contribution in [3.8, 4) is 0 Å². The van der Waals surface area contributed by atoms with Crippen LogP contribution < -0.4 is 10.9 Å². The highest BCUT2D eigenvalue weighted by Gasteiger charge is 2.48. The Morgan fingerprint density at radius 3 is 2.62 bits per heavy atom. The van der Waals surface area contributed by atoms with E-state index >= 15 is 0 Å². The lowest BCUT2D eigenvalue weighted by Gasteiger charge is -2.30. The largest absolute Gasteiger partial charge is 0.380 e. The van der Waals surface area contributed by atoms with Gasteiger partial charge in [0.15, 0.2) is 0 Å². The molecule has 6 nitrogen and oxygen atoms in total. The minimum absolute atomic E-state index is 0.0102. The minimum atomic E-state index is -1.52. The van der Waals surface area contributed by atoms with Crippen molar-refractivity contribution in [2.24, 2.45) is 5.41 Å². The van der Waals surface area contributed by atoms with Crippen LogP contribution >= 0.6 is 0 Å². The van der Waals surface area contributed by atoms with Crippen molar-refractivity contribution in [2.45, 2.75) is 45.1 Å². The lowest BCUT2D eigenvalue weighted by Crippen LogP contribution is -2.46. The van der Waals surface area contributed by atoms with Gasteiger partial charge in [0.1, 0.15) is 5.60 Å². The van der Waals surface area contributed by atoms with Gasteiger partial charge in [-0.25, -0.2) is 4.79 Å². The molecule has 150 valence electrons. The summed E-state index contributed by atoms with van der Waals surface area (Å²) in [6, 6.07) is 14.5. The molecule has 1 amide bonds. The van der Waals surface area contributed by atoms with Crippen LogP contribution in [0.25, 0.3) is 10.8 Å². The Morgan fingerprint density at radius 2 is 1.93 bits per heavy atom. The monoisotopic (exact) mass is 392 g/mol. The molecular weight excluding hydrogens is 368 g/mol. The number of amides is 1. The number of aliphatic hydroxyl groups is 1. The smallest absolute Gasteiger partial charge is 0.366 e. The van der Waals surface area contributed by atoms with Gasteiger partial charge >= 0.3 is 5.63 Å². The molecule has 1 aliphatic carbocycles. The van der Waals surface area contributed by atoms with Crippen LogP contribution in [0, 0.1) is 12.3 Å². The molecule has 0 bridgehead atoms. The number of rotatable bonds is 6. The van der Waals surface area contributed by atoms with Crippen LogP contribution in [-0.2, 0) is 11.2 Å². The molecular formula is C23H24N2O4. The van der Waals surface area contributed by atoms with E-state index in [1.807, 2.05) is 30.3 Å². The fraction of sp³-hybridized carbons (Fsp3) is 0.348. The number of carbonyl (C=O) groups excluding carboxylic acids is 1. The first-order chi connectivity index (χ1) is 13.8. The Kier molecular flexibility index (Phi) is 4.74. The molecule has 1 saturated carbocycles. The van der Waals surface area contributed by atoms with Crippen LogP contribution in [0.3, 0.4) is 0 Å². The van der Waals surface area contributed by atoms with Crippen LogP contribution in [0.15, 0.2) is 57.8 Å². The summed E-state index contributed by atoms with van der Waals surface area (Å²) in [6.45, 7) is 3.83. The number of hydrogen-bond donors (Lipinski definition) is 2. The summed E-state index contributed by atoms with van der Waals surface area (Å²) >= 11 is 0. The second kappa shape index (κ2) is 7.12. The minimum Gasteiger partial charge on any atom is -0.380 e. The molecule has 1 unspecified atom stereocenters. The number of nitrogens with one attached hydrogen (secondary N) is 1. The molecule has 2 aromatic carbocycles. The van der Waals surface area contributed by atoms with Gasteiger partial charge in [0.2, 0.25) is 0 Å². The summed E-state index contributed by atoms with van der Waals surface area (Å²) in [5, 5.41) is 19.0. The van der Waals surface area contributed by atoms with E-state index in [0.29, 0.717) is 28.6 Å². The first kappa shape index (κ1) is 19.3. The molecule has 1 heterocycles. The zero-order chi connectivity index (χ0) is 20.6. The molecule has 1 aliphatic rings. The zero-order valence-corrected chi connectivity index (χ0v) is 16.6. The van der Waals surface area contributed by atoms with E-state index in [0.717, 1.165) is 18.4 Å². The number of aromatic nitrogens is 1. The predicted molar refractivity (Wildman–Crippen MR) is 111 cm³/mol. The average Bonchev–Trinajstić information content (AvgIpc) is 3.41. The normalized spacial score (nSPS) is 16.9. The van der Waals surface area contributed by atoms with Crippen molar-refractivity contribution < 1.29 is 14.4 Å². The van der Waals surface area contributed by atoms with E-state index in [9.17, 15) is 14.7 Å². The lowest BCUT2D eigenvalue weighted by molar-refractivity contribution is -0.136. The summed E-state index contributed by atoms with van der Waals surface area (Å²) < 4.78 is 4.74. The van der Waals surface area contributed by atoms with E-state index in [1.165, 1.54) is 0 Å². The number of nitrogens with zero attached hydrogens (tertiary/aromatic N) is 1. The number of benzene rings is 2. The van der Waals surface area contributed by atoms with Crippen LogP contribution in [-0.4, -0.2) is 21.8 Å². The van der Waals surface area contributed by atoms with Crippen LogP contribution in [0.4, 0.5) is 5.69 Å². The maximum Gasteiger partial charge on any atom is 0.366 e. The van der Waals surface area contributed by atoms with Gasteiger partial charge in [-0.3, -0.25) is 4.79 Å². The fourth-order valence-electron chi connectivity index (χ4n) is 3.81. The molecule has 29 heavy (non-hydrogen) atoms. The number of aryl methyl sites for hydroxylation is 1. The highest BCUT2D eigenvalue weighted by Crippen LogP contribution is 2.51. The molecule has 0 aliphatic heterocycles. The molecule has 3 aromatic rings. The van der Waals surface area contributed by atoms with Gasteiger partial charge in [-0.05, 0) is 55.4 Å². The van der Waals surface area contributed by atoms with E-state index in [2.05, 4.69) is 17.4 Å². The number of fused-ring (bicyclic) bond motifs is 1. The average molecular weight is 392 g/mol. The van der Waals surface area contributed by atoms with Gasteiger partial charge < -0.3 is 14.9 Å². The van der Waals surface area contributed by atoms with Crippen molar-refractivity contribution in [3.05, 3.63) is 70.2 Å². The maximum absolute atomic E-state index is 13.2. The molecule has 1 fully saturated rings. The van der Waals surface area contributed by atoms with E-state index in [-0.39, 0.29) is 11.8 Å². The van der Waals surface area contributed by atoms with Gasteiger partial charge in [0.25, 0.3) is 5.91 Å². The zero-order valence-electron chi connectivity index (χ0n) is 16.6. The van der Waals surface area contributed by atoms with Gasteiger partial charge in [-0.2, -0.15) is 0 Å². The molecule has 2 N–H and O–H groups in total. The number of hydrogen-bond acceptors (Lipinski definition) is 5. The molecule has 6 heteroatoms. The molecule has 0 radical (unpaired) electrons. The predicted octanol–water partition coefficient (Wildman–Crippen LogP) is 3.60. The molecule has 0 spiro atoms. The van der Waals surface area contributed by atoms with Crippen molar-refractivity contribution in [1.82, 2.24) is 5.16 Å². The Morgan fingerprint density at radius 1 is 1.21 bits per heavy atom. The van der Waals surface area contributed by atoms with Crippen LogP contribution in [0.5, 0.6) is 0 Å². The first-order valence-corrected chi connectivity index (χ1v) is 9.76. The maximum atomic E-state index is 13.2. The summed E-state index contributed by atoms with van der Waals surface area (Å²) in [4.78, 5) is 25.0. The standard InChI is InChI=1S/C23H24N2O4/c1-15-19-12-17(8-9-18(19)20(26)29-25-15)24-21(27)23(28,14-22(2)10-11-22)13-16-6-4-3-5-7-16/h3-9,12,28H,10-11,13-14H2,1-2H3,(H,24,27). The topological polar surface area (TPSA) is 92.4 Å². The molecule has 1 atom stereocenters. The highest BCUT2D eigenvalue weighted by atomic mass is 16.5. The van der Waals surface area contributed by atoms with Gasteiger partial charge in [0.05, 0.1) is 11.1 Å². The number of carbonyl (C=O) groups is 1.